The number of oxazole rings is 1. The topological polar surface area (TPSA) is 69.9 Å². The number of nitrogens with two attached hydrogens (primary N) is 1. The molecular formula is C11H9ClN4O. The molecule has 2 N–H and O–H groups in total. The zero-order valence-electron chi connectivity index (χ0n) is 8.80. The van der Waals surface area contributed by atoms with Crippen molar-refractivity contribution in [2.75, 3.05) is 5.73 Å². The van der Waals surface area contributed by atoms with E-state index < -0.39 is 0 Å². The number of anilines is 1. The summed E-state index contributed by atoms with van der Waals surface area (Å²) in [5.41, 5.74) is 7.80. The molecule has 0 amide bonds. The molecule has 0 radical (unpaired) electrons. The van der Waals surface area contributed by atoms with Gasteiger partial charge in [-0.3, -0.25) is 4.68 Å². The molecule has 17 heavy (non-hydrogen) atoms. The van der Waals surface area contributed by atoms with Crippen molar-refractivity contribution in [1.29, 1.82) is 0 Å². The monoisotopic (exact) mass is 248 g/mol. The van der Waals surface area contributed by atoms with E-state index in [9.17, 15) is 0 Å². The number of nitrogens with zero attached hydrogens (tertiary/aromatic N) is 3. The van der Waals surface area contributed by atoms with E-state index in [1.165, 1.54) is 0 Å². The van der Waals surface area contributed by atoms with E-state index in [-0.39, 0.29) is 0 Å². The zero-order chi connectivity index (χ0) is 11.8. The Kier molecular flexibility index (Phi) is 2.26. The van der Waals surface area contributed by atoms with Gasteiger partial charge in [0.25, 0.3) is 0 Å². The first-order valence-corrected chi connectivity index (χ1v) is 5.41. The van der Waals surface area contributed by atoms with Gasteiger partial charge in [0.1, 0.15) is 12.1 Å². The highest BCUT2D eigenvalue weighted by molar-refractivity contribution is 6.30. The van der Waals surface area contributed by atoms with Gasteiger partial charge in [0.15, 0.2) is 5.58 Å². The van der Waals surface area contributed by atoms with Crippen LogP contribution in [0.3, 0.4) is 0 Å². The predicted molar refractivity (Wildman–Crippen MR) is 64.8 cm³/mol. The summed E-state index contributed by atoms with van der Waals surface area (Å²) in [5.74, 6) is 0.574. The summed E-state index contributed by atoms with van der Waals surface area (Å²) < 4.78 is 7.23. The van der Waals surface area contributed by atoms with Gasteiger partial charge in [-0.05, 0) is 18.2 Å². The fourth-order valence-electron chi connectivity index (χ4n) is 1.62. The third-order valence-corrected chi connectivity index (χ3v) is 2.55. The highest BCUT2D eigenvalue weighted by Crippen LogP contribution is 2.19. The molecule has 3 rings (SSSR count). The van der Waals surface area contributed by atoms with E-state index >= 15 is 0 Å². The normalized spacial score (nSPS) is 11.1. The van der Waals surface area contributed by atoms with Crippen LogP contribution in [-0.2, 0) is 6.54 Å². The Bertz CT molecular complexity index is 673. The van der Waals surface area contributed by atoms with Crippen LogP contribution in [0, 0.1) is 0 Å². The quantitative estimate of drug-likeness (QED) is 0.707. The smallest absolute Gasteiger partial charge is 0.217 e. The van der Waals surface area contributed by atoms with Crippen LogP contribution in [0.15, 0.2) is 35.0 Å². The zero-order valence-corrected chi connectivity index (χ0v) is 9.55. The average Bonchev–Trinajstić information content (AvgIpc) is 2.84. The second-order valence-electron chi connectivity index (χ2n) is 3.69. The van der Waals surface area contributed by atoms with Gasteiger partial charge in [-0.1, -0.05) is 11.6 Å². The van der Waals surface area contributed by atoms with Gasteiger partial charge >= 0.3 is 0 Å². The van der Waals surface area contributed by atoms with Crippen molar-refractivity contribution in [3.63, 3.8) is 0 Å². The van der Waals surface area contributed by atoms with Crippen molar-refractivity contribution in [3.8, 4) is 0 Å². The van der Waals surface area contributed by atoms with Crippen LogP contribution in [-0.4, -0.2) is 14.8 Å². The van der Waals surface area contributed by atoms with Gasteiger partial charge in [0, 0.05) is 11.9 Å². The molecule has 0 saturated carbocycles. The summed E-state index contributed by atoms with van der Waals surface area (Å²) in [4.78, 5) is 4.33. The Morgan fingerprint density at radius 1 is 1.41 bits per heavy atom. The van der Waals surface area contributed by atoms with Crippen molar-refractivity contribution < 1.29 is 4.42 Å². The molecule has 1 aromatic carbocycles. The van der Waals surface area contributed by atoms with Gasteiger partial charge < -0.3 is 10.2 Å². The summed E-state index contributed by atoms with van der Waals surface area (Å²) in [6.07, 6.45) is 3.28. The van der Waals surface area contributed by atoms with Crippen LogP contribution in [0.1, 0.15) is 5.89 Å². The minimum Gasteiger partial charge on any atom is -0.439 e. The highest BCUT2D eigenvalue weighted by atomic mass is 35.5. The maximum atomic E-state index is 5.78. The largest absolute Gasteiger partial charge is 0.439 e. The van der Waals surface area contributed by atoms with Crippen molar-refractivity contribution in [2.45, 2.75) is 6.54 Å². The molecule has 0 atom stereocenters. The molecule has 0 aliphatic rings. The van der Waals surface area contributed by atoms with Crippen molar-refractivity contribution >= 4 is 28.4 Å². The van der Waals surface area contributed by atoms with Gasteiger partial charge in [0.05, 0.1) is 11.2 Å². The second kappa shape index (κ2) is 3.78. The molecular weight excluding hydrogens is 240 g/mol. The number of aromatic nitrogens is 3. The van der Waals surface area contributed by atoms with E-state index in [2.05, 4.69) is 10.1 Å². The van der Waals surface area contributed by atoms with Crippen molar-refractivity contribution in [2.24, 2.45) is 0 Å². The molecule has 5 nitrogen and oxygen atoms in total. The number of fused-ring (bicyclic) bond motifs is 1. The molecule has 0 saturated heterocycles. The number of hydrogen-bond donors (Lipinski definition) is 1. The van der Waals surface area contributed by atoms with Crippen LogP contribution in [0.5, 0.6) is 0 Å². The molecule has 0 aliphatic heterocycles. The fourth-order valence-corrected chi connectivity index (χ4v) is 1.78. The molecule has 86 valence electrons. The number of hydrogen-bond acceptors (Lipinski definition) is 4. The summed E-state index contributed by atoms with van der Waals surface area (Å²) in [7, 11) is 0. The summed E-state index contributed by atoms with van der Waals surface area (Å²) in [5, 5.41) is 4.65. The standard InChI is InChI=1S/C11H9ClN4O/c12-7-4-14-16(5-7)6-11-15-9-3-8(13)1-2-10(9)17-11/h1-5H,6,13H2. The van der Waals surface area contributed by atoms with Gasteiger partial charge in [0.2, 0.25) is 5.89 Å². The van der Waals surface area contributed by atoms with E-state index in [1.54, 1.807) is 35.3 Å². The van der Waals surface area contributed by atoms with E-state index in [1.807, 2.05) is 0 Å². The highest BCUT2D eigenvalue weighted by Gasteiger charge is 2.07. The lowest BCUT2D eigenvalue weighted by Gasteiger charge is -1.94. The van der Waals surface area contributed by atoms with Crippen LogP contribution in [0.2, 0.25) is 5.02 Å². The Balaban J connectivity index is 1.95. The Hall–Kier alpha value is -2.01. The molecule has 0 spiro atoms. The first-order valence-electron chi connectivity index (χ1n) is 5.03. The number of halogens is 1. The van der Waals surface area contributed by atoms with Crippen LogP contribution < -0.4 is 5.73 Å². The lowest BCUT2D eigenvalue weighted by Crippen LogP contribution is -1.99. The maximum absolute atomic E-state index is 5.78. The number of rotatable bonds is 2. The van der Waals surface area contributed by atoms with E-state index in [0.29, 0.717) is 28.7 Å². The molecule has 2 aromatic heterocycles. The lowest BCUT2D eigenvalue weighted by molar-refractivity contribution is 0.491. The third kappa shape index (κ3) is 1.97. The molecule has 0 aliphatic carbocycles. The van der Waals surface area contributed by atoms with Gasteiger partial charge in [-0.15, -0.1) is 0 Å². The minimum atomic E-state index is 0.446. The molecule has 0 fully saturated rings. The maximum Gasteiger partial charge on any atom is 0.217 e. The Morgan fingerprint density at radius 3 is 3.06 bits per heavy atom. The van der Waals surface area contributed by atoms with Crippen LogP contribution >= 0.6 is 11.6 Å². The van der Waals surface area contributed by atoms with Crippen molar-refractivity contribution in [1.82, 2.24) is 14.8 Å². The lowest BCUT2D eigenvalue weighted by atomic mass is 10.3. The predicted octanol–water partition coefficient (Wildman–Crippen LogP) is 2.31. The second-order valence-corrected chi connectivity index (χ2v) is 4.13. The Labute approximate surface area is 102 Å². The SMILES string of the molecule is Nc1ccc2oc(Cn3cc(Cl)cn3)nc2c1. The van der Waals surface area contributed by atoms with Crippen LogP contribution in [0.25, 0.3) is 11.1 Å². The fraction of sp³-hybridized carbons (Fsp3) is 0.0909. The van der Waals surface area contributed by atoms with Gasteiger partial charge in [-0.25, -0.2) is 4.98 Å². The molecule has 6 heteroatoms. The molecule has 0 bridgehead atoms. The van der Waals surface area contributed by atoms with E-state index in [0.717, 1.165) is 5.52 Å². The van der Waals surface area contributed by atoms with E-state index in [4.69, 9.17) is 21.8 Å². The first-order chi connectivity index (χ1) is 8.20. The van der Waals surface area contributed by atoms with Gasteiger partial charge in [-0.2, -0.15) is 5.10 Å². The Morgan fingerprint density at radius 2 is 2.29 bits per heavy atom. The minimum absolute atomic E-state index is 0.446. The average molecular weight is 249 g/mol. The summed E-state index contributed by atoms with van der Waals surface area (Å²) >= 11 is 5.78. The number of nitrogen functional groups attached to an aromatic ring is 1. The summed E-state index contributed by atoms with van der Waals surface area (Å²) in [6.45, 7) is 0.446. The number of benzene rings is 1. The molecule has 2 heterocycles. The first kappa shape index (κ1) is 10.2. The van der Waals surface area contributed by atoms with Crippen molar-refractivity contribution in [3.05, 3.63) is 41.5 Å². The molecule has 3 aromatic rings. The summed E-state index contributed by atoms with van der Waals surface area (Å²) in [6, 6.07) is 5.36. The van der Waals surface area contributed by atoms with Crippen LogP contribution in [0.4, 0.5) is 5.69 Å². The third-order valence-electron chi connectivity index (χ3n) is 2.35. The molecule has 0 unspecified atom stereocenters.